The molecule has 29 heavy (non-hydrogen) atoms. The zero-order chi connectivity index (χ0) is 21.3. The highest BCUT2D eigenvalue weighted by Crippen LogP contribution is 2.14. The van der Waals surface area contributed by atoms with E-state index in [1.54, 1.807) is 43.2 Å². The lowest BCUT2D eigenvalue weighted by Crippen LogP contribution is -2.29. The highest BCUT2D eigenvalue weighted by atomic mass is 32.2. The van der Waals surface area contributed by atoms with E-state index in [0.29, 0.717) is 19.6 Å². The van der Waals surface area contributed by atoms with Gasteiger partial charge in [-0.05, 0) is 41.5 Å². The summed E-state index contributed by atoms with van der Waals surface area (Å²) in [4.78, 5) is 14.5. The summed E-state index contributed by atoms with van der Waals surface area (Å²) in [6.45, 7) is 6.62. The maximum absolute atomic E-state index is 12.6. The van der Waals surface area contributed by atoms with Gasteiger partial charge in [0.2, 0.25) is 15.9 Å². The predicted octanol–water partition coefficient (Wildman–Crippen LogP) is 3.22. The first kappa shape index (κ1) is 22.4. The van der Waals surface area contributed by atoms with E-state index in [-0.39, 0.29) is 10.8 Å². The van der Waals surface area contributed by atoms with Crippen molar-refractivity contribution in [2.24, 2.45) is 0 Å². The standard InChI is InChI=1S/C22H26N2O4S/c1-4-16-24(17-19-6-11-20(28-3)12-7-19)22(25)15-10-18-8-13-21(14-9-18)29(26,27)23-5-2/h4,6-15,23H,1,5,16-17H2,2-3H3. The van der Waals surface area contributed by atoms with Gasteiger partial charge in [-0.2, -0.15) is 0 Å². The molecule has 0 radical (unpaired) electrons. The number of benzene rings is 2. The molecule has 7 heteroatoms. The molecule has 0 aliphatic carbocycles. The highest BCUT2D eigenvalue weighted by molar-refractivity contribution is 7.89. The first-order valence-electron chi connectivity index (χ1n) is 9.20. The molecule has 0 bridgehead atoms. The van der Waals surface area contributed by atoms with Crippen LogP contribution in [-0.2, 0) is 21.4 Å². The Morgan fingerprint density at radius 3 is 2.34 bits per heavy atom. The van der Waals surface area contributed by atoms with Crippen LogP contribution in [0.3, 0.4) is 0 Å². The second-order valence-electron chi connectivity index (χ2n) is 6.26. The van der Waals surface area contributed by atoms with Crippen LogP contribution >= 0.6 is 0 Å². The molecule has 0 saturated carbocycles. The Labute approximate surface area is 172 Å². The van der Waals surface area contributed by atoms with Crippen LogP contribution in [-0.4, -0.2) is 39.4 Å². The van der Waals surface area contributed by atoms with Crippen molar-refractivity contribution >= 4 is 22.0 Å². The summed E-state index contributed by atoms with van der Waals surface area (Å²) in [5, 5.41) is 0. The van der Waals surface area contributed by atoms with Crippen molar-refractivity contribution in [1.82, 2.24) is 9.62 Å². The summed E-state index contributed by atoms with van der Waals surface area (Å²) in [6.07, 6.45) is 4.81. The Hall–Kier alpha value is -2.90. The molecule has 1 amide bonds. The van der Waals surface area contributed by atoms with Gasteiger partial charge < -0.3 is 9.64 Å². The number of nitrogens with one attached hydrogen (secondary N) is 1. The lowest BCUT2D eigenvalue weighted by atomic mass is 10.2. The number of sulfonamides is 1. The third kappa shape index (κ3) is 6.58. The normalized spacial score (nSPS) is 11.4. The minimum absolute atomic E-state index is 0.162. The molecule has 0 heterocycles. The van der Waals surface area contributed by atoms with Crippen LogP contribution in [0.25, 0.3) is 6.08 Å². The molecular weight excluding hydrogens is 388 g/mol. The SMILES string of the molecule is C=CCN(Cc1ccc(OC)cc1)C(=O)C=Cc1ccc(S(=O)(=O)NCC)cc1. The first-order chi connectivity index (χ1) is 13.9. The quantitative estimate of drug-likeness (QED) is 0.478. The molecule has 2 aromatic rings. The predicted molar refractivity (Wildman–Crippen MR) is 115 cm³/mol. The van der Waals surface area contributed by atoms with E-state index in [0.717, 1.165) is 16.9 Å². The van der Waals surface area contributed by atoms with Crippen LogP contribution in [0.1, 0.15) is 18.1 Å². The van der Waals surface area contributed by atoms with Crippen LogP contribution in [0.15, 0.2) is 72.2 Å². The summed E-state index contributed by atoms with van der Waals surface area (Å²) in [6, 6.07) is 13.9. The Morgan fingerprint density at radius 1 is 1.14 bits per heavy atom. The Balaban J connectivity index is 2.08. The fourth-order valence-corrected chi connectivity index (χ4v) is 3.69. The van der Waals surface area contributed by atoms with Crippen molar-refractivity contribution in [2.45, 2.75) is 18.4 Å². The van der Waals surface area contributed by atoms with E-state index >= 15 is 0 Å². The number of hydrogen-bond acceptors (Lipinski definition) is 4. The monoisotopic (exact) mass is 414 g/mol. The van der Waals surface area contributed by atoms with Gasteiger partial charge in [0.05, 0.1) is 12.0 Å². The largest absolute Gasteiger partial charge is 0.497 e. The summed E-state index contributed by atoms with van der Waals surface area (Å²) in [5.41, 5.74) is 1.71. The van der Waals surface area contributed by atoms with Crippen molar-refractivity contribution in [3.8, 4) is 5.75 Å². The van der Waals surface area contributed by atoms with Gasteiger partial charge in [-0.25, -0.2) is 13.1 Å². The van der Waals surface area contributed by atoms with Gasteiger partial charge in [-0.1, -0.05) is 37.3 Å². The van der Waals surface area contributed by atoms with Crippen LogP contribution in [0.4, 0.5) is 0 Å². The van der Waals surface area contributed by atoms with Crippen LogP contribution in [0, 0.1) is 0 Å². The lowest BCUT2D eigenvalue weighted by Gasteiger charge is -2.19. The van der Waals surface area contributed by atoms with E-state index in [1.807, 2.05) is 24.3 Å². The Kier molecular flexibility index (Phi) is 8.18. The number of carbonyl (C=O) groups excluding carboxylic acids is 1. The second-order valence-corrected chi connectivity index (χ2v) is 8.03. The van der Waals surface area contributed by atoms with E-state index < -0.39 is 10.0 Å². The molecule has 0 atom stereocenters. The summed E-state index contributed by atoms with van der Waals surface area (Å²) in [5.74, 6) is 0.597. The lowest BCUT2D eigenvalue weighted by molar-refractivity contribution is -0.126. The van der Waals surface area contributed by atoms with Crippen molar-refractivity contribution in [1.29, 1.82) is 0 Å². The fraction of sp³-hybridized carbons (Fsp3) is 0.227. The second kappa shape index (κ2) is 10.6. The van der Waals surface area contributed by atoms with Crippen LogP contribution < -0.4 is 9.46 Å². The van der Waals surface area contributed by atoms with Gasteiger partial charge in [0.15, 0.2) is 0 Å². The summed E-state index contributed by atoms with van der Waals surface area (Å²) < 4.78 is 31.5. The van der Waals surface area contributed by atoms with E-state index in [2.05, 4.69) is 11.3 Å². The molecule has 0 aromatic heterocycles. The molecular formula is C22H26N2O4S. The molecule has 0 spiro atoms. The van der Waals surface area contributed by atoms with Crippen molar-refractivity contribution in [3.05, 3.63) is 78.4 Å². The minimum atomic E-state index is -3.49. The van der Waals surface area contributed by atoms with Gasteiger partial charge in [0, 0.05) is 25.7 Å². The minimum Gasteiger partial charge on any atom is -0.497 e. The van der Waals surface area contributed by atoms with Gasteiger partial charge in [0.25, 0.3) is 0 Å². The first-order valence-corrected chi connectivity index (χ1v) is 10.7. The Morgan fingerprint density at radius 2 is 1.79 bits per heavy atom. The van der Waals surface area contributed by atoms with Gasteiger partial charge in [-0.3, -0.25) is 4.79 Å². The van der Waals surface area contributed by atoms with Crippen molar-refractivity contribution in [2.75, 3.05) is 20.2 Å². The van der Waals surface area contributed by atoms with Crippen molar-refractivity contribution < 1.29 is 17.9 Å². The number of ether oxygens (including phenoxy) is 1. The van der Waals surface area contributed by atoms with E-state index in [9.17, 15) is 13.2 Å². The molecule has 0 fully saturated rings. The molecule has 0 aliphatic rings. The molecule has 0 unspecified atom stereocenters. The zero-order valence-electron chi connectivity index (χ0n) is 16.7. The highest BCUT2D eigenvalue weighted by Gasteiger charge is 2.12. The van der Waals surface area contributed by atoms with Gasteiger partial charge in [0.1, 0.15) is 5.75 Å². The molecule has 0 saturated heterocycles. The zero-order valence-corrected chi connectivity index (χ0v) is 17.5. The van der Waals surface area contributed by atoms with E-state index in [4.69, 9.17) is 4.74 Å². The molecule has 2 aromatic carbocycles. The fourth-order valence-electron chi connectivity index (χ4n) is 2.64. The number of rotatable bonds is 10. The molecule has 6 nitrogen and oxygen atoms in total. The number of carbonyl (C=O) groups is 1. The van der Waals surface area contributed by atoms with Crippen LogP contribution in [0.2, 0.25) is 0 Å². The third-order valence-corrected chi connectivity index (χ3v) is 5.70. The maximum Gasteiger partial charge on any atom is 0.247 e. The van der Waals surface area contributed by atoms with Gasteiger partial charge in [-0.15, -0.1) is 6.58 Å². The molecule has 2 rings (SSSR count). The summed E-state index contributed by atoms with van der Waals surface area (Å²) >= 11 is 0. The molecule has 0 aliphatic heterocycles. The summed E-state index contributed by atoms with van der Waals surface area (Å²) in [7, 11) is -1.88. The average molecular weight is 415 g/mol. The number of nitrogens with zero attached hydrogens (tertiary/aromatic N) is 1. The number of hydrogen-bond donors (Lipinski definition) is 1. The van der Waals surface area contributed by atoms with Crippen molar-refractivity contribution in [3.63, 3.8) is 0 Å². The topological polar surface area (TPSA) is 75.7 Å². The van der Waals surface area contributed by atoms with Gasteiger partial charge >= 0.3 is 0 Å². The molecule has 154 valence electrons. The number of methoxy groups -OCH3 is 1. The molecule has 1 N–H and O–H groups in total. The number of amides is 1. The average Bonchev–Trinajstić information content (AvgIpc) is 2.72. The third-order valence-electron chi connectivity index (χ3n) is 4.14. The van der Waals surface area contributed by atoms with E-state index in [1.165, 1.54) is 18.2 Å². The van der Waals surface area contributed by atoms with Crippen LogP contribution in [0.5, 0.6) is 5.75 Å². The maximum atomic E-state index is 12.6. The Bertz CT molecular complexity index is 949. The smallest absolute Gasteiger partial charge is 0.247 e.